The molecule has 2 aromatic carbocycles. The van der Waals surface area contributed by atoms with Gasteiger partial charge in [-0.3, -0.25) is 14.5 Å². The van der Waals surface area contributed by atoms with Crippen molar-refractivity contribution in [3.8, 4) is 5.75 Å². The van der Waals surface area contributed by atoms with E-state index in [1.165, 1.54) is 17.9 Å². The predicted molar refractivity (Wildman–Crippen MR) is 125 cm³/mol. The largest absolute Gasteiger partial charge is 0.435 e. The molecule has 1 aromatic heterocycles. The fourth-order valence-corrected chi connectivity index (χ4v) is 5.04. The van der Waals surface area contributed by atoms with E-state index in [9.17, 15) is 18.4 Å². The number of benzene rings is 2. The van der Waals surface area contributed by atoms with Gasteiger partial charge in [-0.1, -0.05) is 32.0 Å². The van der Waals surface area contributed by atoms with Gasteiger partial charge in [0.2, 0.25) is 5.91 Å². The third kappa shape index (κ3) is 3.63. The number of ether oxygens (including phenoxy) is 1. The van der Waals surface area contributed by atoms with Gasteiger partial charge in [-0.25, -0.2) is 0 Å². The molecular weight excluding hydrogens is 440 g/mol. The quantitative estimate of drug-likeness (QED) is 0.570. The van der Waals surface area contributed by atoms with Crippen molar-refractivity contribution < 1.29 is 23.1 Å². The lowest BCUT2D eigenvalue weighted by molar-refractivity contribution is -0.139. The lowest BCUT2D eigenvalue weighted by atomic mass is 9.84. The number of carbonyl (C=O) groups excluding carboxylic acids is 2. The Morgan fingerprint density at radius 2 is 1.97 bits per heavy atom. The van der Waals surface area contributed by atoms with Gasteiger partial charge >= 0.3 is 6.61 Å². The van der Waals surface area contributed by atoms with E-state index >= 15 is 0 Å². The second-order valence-corrected chi connectivity index (χ2v) is 9.14. The van der Waals surface area contributed by atoms with Gasteiger partial charge in [0.25, 0.3) is 5.91 Å². The van der Waals surface area contributed by atoms with E-state index in [2.05, 4.69) is 28.5 Å². The minimum absolute atomic E-state index is 0.0202. The molecule has 0 spiro atoms. The number of alkyl halides is 2. The summed E-state index contributed by atoms with van der Waals surface area (Å²) in [5, 5.41) is 4.39. The molecular formula is C26H25F2N3O3. The minimum Gasteiger partial charge on any atom is -0.435 e. The van der Waals surface area contributed by atoms with E-state index in [4.69, 9.17) is 0 Å². The molecule has 5 rings (SSSR count). The third-order valence-electron chi connectivity index (χ3n) is 6.30. The number of hydrogen-bond acceptors (Lipinski definition) is 4. The second kappa shape index (κ2) is 8.27. The van der Waals surface area contributed by atoms with Crippen molar-refractivity contribution in [3.05, 3.63) is 71.1 Å². The first-order valence-electron chi connectivity index (χ1n) is 11.2. The zero-order chi connectivity index (χ0) is 24.1. The summed E-state index contributed by atoms with van der Waals surface area (Å²) in [6.07, 6.45) is 2.04. The smallest absolute Gasteiger partial charge is 0.387 e. The topological polar surface area (TPSA) is 63.6 Å². The van der Waals surface area contributed by atoms with Crippen LogP contribution in [0.4, 0.5) is 14.5 Å². The Labute approximate surface area is 195 Å². The Kier molecular flexibility index (Phi) is 5.38. The molecule has 176 valence electrons. The van der Waals surface area contributed by atoms with Gasteiger partial charge in [-0.2, -0.15) is 8.78 Å². The molecule has 1 atom stereocenters. The molecule has 2 aliphatic rings. The zero-order valence-corrected chi connectivity index (χ0v) is 19.1. The monoisotopic (exact) mass is 465 g/mol. The summed E-state index contributed by atoms with van der Waals surface area (Å²) < 4.78 is 32.7. The average molecular weight is 466 g/mol. The number of rotatable bonds is 5. The van der Waals surface area contributed by atoms with Crippen LogP contribution >= 0.6 is 0 Å². The maximum Gasteiger partial charge on any atom is 0.387 e. The van der Waals surface area contributed by atoms with E-state index in [1.54, 1.807) is 18.2 Å². The van der Waals surface area contributed by atoms with Crippen LogP contribution in [-0.4, -0.2) is 34.4 Å². The van der Waals surface area contributed by atoms with E-state index in [1.807, 2.05) is 24.4 Å². The number of imide groups is 1. The van der Waals surface area contributed by atoms with Gasteiger partial charge in [-0.15, -0.1) is 0 Å². The Morgan fingerprint density at radius 1 is 1.21 bits per heavy atom. The van der Waals surface area contributed by atoms with Crippen LogP contribution in [0.1, 0.15) is 37.8 Å². The minimum atomic E-state index is -2.96. The summed E-state index contributed by atoms with van der Waals surface area (Å²) in [6, 6.07) is 12.4. The van der Waals surface area contributed by atoms with E-state index in [0.717, 1.165) is 28.7 Å². The molecule has 0 saturated carbocycles. The Hall–Kier alpha value is -3.68. The van der Waals surface area contributed by atoms with Gasteiger partial charge in [0.1, 0.15) is 5.75 Å². The molecule has 34 heavy (non-hydrogen) atoms. The number of carbonyl (C=O) groups is 2. The van der Waals surface area contributed by atoms with Gasteiger partial charge in [-0.05, 0) is 41.3 Å². The van der Waals surface area contributed by atoms with Crippen molar-refractivity contribution in [1.82, 2.24) is 9.47 Å². The highest BCUT2D eigenvalue weighted by Crippen LogP contribution is 2.47. The summed E-state index contributed by atoms with van der Waals surface area (Å²) in [7, 11) is 0. The Morgan fingerprint density at radius 3 is 2.68 bits per heavy atom. The second-order valence-electron chi connectivity index (χ2n) is 9.14. The van der Waals surface area contributed by atoms with Crippen molar-refractivity contribution in [3.63, 3.8) is 0 Å². The number of nitrogens with zero attached hydrogens (tertiary/aromatic N) is 2. The summed E-state index contributed by atoms with van der Waals surface area (Å²) in [5.41, 5.74) is 4.50. The molecule has 3 heterocycles. The fraction of sp³-hybridized carbons (Fsp3) is 0.308. The molecule has 8 heteroatoms. The highest BCUT2D eigenvalue weighted by atomic mass is 19.3. The predicted octanol–water partition coefficient (Wildman–Crippen LogP) is 5.10. The van der Waals surface area contributed by atoms with Crippen LogP contribution in [0.5, 0.6) is 5.75 Å². The van der Waals surface area contributed by atoms with E-state index in [0.29, 0.717) is 22.8 Å². The highest BCUT2D eigenvalue weighted by molar-refractivity contribution is 6.11. The van der Waals surface area contributed by atoms with Crippen LogP contribution in [-0.2, 0) is 16.1 Å². The van der Waals surface area contributed by atoms with Gasteiger partial charge in [0, 0.05) is 42.4 Å². The van der Waals surface area contributed by atoms with Crippen LogP contribution in [0.3, 0.4) is 0 Å². The summed E-state index contributed by atoms with van der Waals surface area (Å²) >= 11 is 0. The Bertz CT molecular complexity index is 1340. The molecule has 0 saturated heterocycles. The van der Waals surface area contributed by atoms with Crippen molar-refractivity contribution >= 4 is 28.4 Å². The number of hydrogen-bond donors (Lipinski definition) is 1. The normalized spacial score (nSPS) is 17.4. The number of amides is 2. The van der Waals surface area contributed by atoms with E-state index in [-0.39, 0.29) is 24.1 Å². The van der Waals surface area contributed by atoms with Crippen LogP contribution in [0.2, 0.25) is 0 Å². The number of aromatic nitrogens is 1. The maximum absolute atomic E-state index is 13.5. The lowest BCUT2D eigenvalue weighted by Crippen LogP contribution is -2.33. The standard InChI is InChI=1S/C26H25F2N3O3/c1-14(2)11-30-12-18-22(16-6-4-7-17(10-16)34-26(27)28)24-20(13-31(15(3)32)25(24)33)29-19-8-5-9-21(30)23(18)19/h4-10,12,14,22,26,29H,11,13H2,1-3H3/t22-/m0/s1. The molecule has 0 bridgehead atoms. The average Bonchev–Trinajstić information content (AvgIpc) is 3.23. The van der Waals surface area contributed by atoms with Crippen molar-refractivity contribution in [1.29, 1.82) is 0 Å². The summed E-state index contributed by atoms with van der Waals surface area (Å²) in [5.74, 6) is -0.866. The molecule has 0 aliphatic carbocycles. The van der Waals surface area contributed by atoms with Crippen molar-refractivity contribution in [2.75, 3.05) is 11.9 Å². The van der Waals surface area contributed by atoms with Gasteiger partial charge in [0.05, 0.1) is 17.6 Å². The lowest BCUT2D eigenvalue weighted by Gasteiger charge is -2.20. The summed E-state index contributed by atoms with van der Waals surface area (Å²) in [4.78, 5) is 26.9. The van der Waals surface area contributed by atoms with Gasteiger partial charge < -0.3 is 14.6 Å². The van der Waals surface area contributed by atoms with Crippen molar-refractivity contribution in [2.24, 2.45) is 5.92 Å². The SMILES string of the molecule is CC(=O)N1CC2=C(C1=O)[C@@H](c1cccc(OC(F)F)c1)c1cn(CC(C)C)c3cccc(c13)N2. The van der Waals surface area contributed by atoms with Crippen LogP contribution < -0.4 is 10.1 Å². The Balaban J connectivity index is 1.76. The molecule has 6 nitrogen and oxygen atoms in total. The molecule has 3 aromatic rings. The first-order valence-corrected chi connectivity index (χ1v) is 11.2. The maximum atomic E-state index is 13.5. The molecule has 2 amide bonds. The van der Waals surface area contributed by atoms with Crippen molar-refractivity contribution in [2.45, 2.75) is 39.8 Å². The number of anilines is 1. The molecule has 0 radical (unpaired) electrons. The zero-order valence-electron chi connectivity index (χ0n) is 19.1. The van der Waals surface area contributed by atoms with E-state index < -0.39 is 12.5 Å². The van der Waals surface area contributed by atoms with Crippen LogP contribution in [0, 0.1) is 5.92 Å². The third-order valence-corrected chi connectivity index (χ3v) is 6.30. The van der Waals surface area contributed by atoms with Crippen LogP contribution in [0.25, 0.3) is 10.9 Å². The molecule has 1 N–H and O–H groups in total. The first kappa shape index (κ1) is 22.1. The fourth-order valence-electron chi connectivity index (χ4n) is 5.04. The first-order chi connectivity index (χ1) is 16.2. The van der Waals surface area contributed by atoms with Gasteiger partial charge in [0.15, 0.2) is 0 Å². The summed E-state index contributed by atoms with van der Waals surface area (Å²) in [6.45, 7) is 3.59. The molecule has 2 aliphatic heterocycles. The highest BCUT2D eigenvalue weighted by Gasteiger charge is 2.41. The number of halogens is 2. The number of nitrogens with one attached hydrogen (secondary N) is 1. The molecule has 0 unspecified atom stereocenters. The van der Waals surface area contributed by atoms with Crippen LogP contribution in [0.15, 0.2) is 59.9 Å². The molecule has 0 fully saturated rings.